The smallest absolute Gasteiger partial charge is 0.262 e. The Balaban J connectivity index is 0.787. The molecule has 5 heterocycles. The van der Waals surface area contributed by atoms with Gasteiger partial charge >= 0.3 is 0 Å². The van der Waals surface area contributed by atoms with Gasteiger partial charge in [0.15, 0.2) is 5.82 Å². The molecule has 4 fully saturated rings. The molecule has 0 radical (unpaired) electrons. The average molecular weight is 857 g/mol. The van der Waals surface area contributed by atoms with E-state index in [9.17, 15) is 32.8 Å². The zero-order valence-electron chi connectivity index (χ0n) is 34.4. The molecule has 4 aromatic carbocycles. The SMILES string of the molecule is O=C1CCC(N2C(=O)c3ccc(C4CC(N5CCN(c6ccc(C(=O)Nc7n[nH]c8ccc(Cc9cc(F)cc(F)c9)cc78)c(NC7CCOCC7)c6)CC5)C4)cc3C2=O)C(=O)N1. The van der Waals surface area contributed by atoms with Crippen LogP contribution in [-0.2, 0) is 20.7 Å². The van der Waals surface area contributed by atoms with E-state index >= 15 is 0 Å². The van der Waals surface area contributed by atoms with Crippen molar-refractivity contribution in [2.75, 3.05) is 54.9 Å². The predicted octanol–water partition coefficient (Wildman–Crippen LogP) is 5.74. The highest BCUT2D eigenvalue weighted by Gasteiger charge is 2.45. The second-order valence-electron chi connectivity index (χ2n) is 17.2. The van der Waals surface area contributed by atoms with Crippen molar-refractivity contribution in [2.45, 2.75) is 69.0 Å². The lowest BCUT2D eigenvalue weighted by molar-refractivity contribution is -0.136. The van der Waals surface area contributed by atoms with Crippen molar-refractivity contribution >= 4 is 57.6 Å². The van der Waals surface area contributed by atoms with Gasteiger partial charge in [-0.25, -0.2) is 8.78 Å². The number of piperazine rings is 1. The number of hydrogen-bond acceptors (Lipinski definition) is 10. The Morgan fingerprint density at radius 2 is 1.57 bits per heavy atom. The number of carbonyl (C=O) groups excluding carboxylic acids is 5. The number of benzene rings is 4. The number of H-pyrrole nitrogens is 1. The van der Waals surface area contributed by atoms with Gasteiger partial charge in [0.1, 0.15) is 17.7 Å². The lowest BCUT2D eigenvalue weighted by atomic mass is 9.74. The van der Waals surface area contributed by atoms with E-state index in [1.54, 1.807) is 6.07 Å². The van der Waals surface area contributed by atoms with Crippen molar-refractivity contribution in [1.29, 1.82) is 0 Å². The summed E-state index contributed by atoms with van der Waals surface area (Å²) in [5, 5.41) is 16.9. The third-order valence-electron chi connectivity index (χ3n) is 13.3. The number of amides is 5. The maximum atomic E-state index is 14.0. The van der Waals surface area contributed by atoms with Crippen LogP contribution in [0.2, 0.25) is 0 Å². The van der Waals surface area contributed by atoms with Crippen LogP contribution in [-0.4, -0.2) is 107 Å². The molecule has 0 spiro atoms. The van der Waals surface area contributed by atoms with Gasteiger partial charge in [-0.15, -0.1) is 0 Å². The first-order valence-corrected chi connectivity index (χ1v) is 21.6. The van der Waals surface area contributed by atoms with Gasteiger partial charge in [-0.2, -0.15) is 5.10 Å². The van der Waals surface area contributed by atoms with Crippen LogP contribution in [0.25, 0.3) is 10.9 Å². The third kappa shape index (κ3) is 8.04. The van der Waals surface area contributed by atoms with Crippen molar-refractivity contribution in [2.24, 2.45) is 0 Å². The molecular weight excluding hydrogens is 811 g/mol. The number of hydrogen-bond donors (Lipinski definition) is 4. The van der Waals surface area contributed by atoms with Gasteiger partial charge in [-0.05, 0) is 116 Å². The molecule has 16 heteroatoms. The summed E-state index contributed by atoms with van der Waals surface area (Å²) in [4.78, 5) is 70.7. The minimum atomic E-state index is -0.987. The minimum absolute atomic E-state index is 0.0787. The Kier molecular flexibility index (Phi) is 10.7. The summed E-state index contributed by atoms with van der Waals surface area (Å²) < 4.78 is 33.4. The molecule has 1 atom stereocenters. The summed E-state index contributed by atoms with van der Waals surface area (Å²) in [6, 6.07) is 19.9. The van der Waals surface area contributed by atoms with E-state index in [2.05, 4.69) is 42.0 Å². The fourth-order valence-electron chi connectivity index (χ4n) is 9.74. The topological polar surface area (TPSA) is 169 Å². The Morgan fingerprint density at radius 1 is 0.810 bits per heavy atom. The lowest BCUT2D eigenvalue weighted by Gasteiger charge is -2.47. The molecule has 1 aromatic heterocycles. The van der Waals surface area contributed by atoms with Crippen molar-refractivity contribution in [3.05, 3.63) is 118 Å². The highest BCUT2D eigenvalue weighted by Crippen LogP contribution is 2.42. The molecule has 0 bridgehead atoms. The summed E-state index contributed by atoms with van der Waals surface area (Å²) in [7, 11) is 0. The zero-order valence-corrected chi connectivity index (χ0v) is 34.4. The normalized spacial score (nSPS) is 22.0. The van der Waals surface area contributed by atoms with Crippen molar-refractivity contribution in [1.82, 2.24) is 25.3 Å². The van der Waals surface area contributed by atoms with E-state index < -0.39 is 41.3 Å². The molecule has 5 aliphatic rings. The Morgan fingerprint density at radius 3 is 2.33 bits per heavy atom. The summed E-state index contributed by atoms with van der Waals surface area (Å²) in [6.07, 6.45) is 4.00. The maximum absolute atomic E-state index is 14.0. The van der Waals surface area contributed by atoms with Crippen LogP contribution in [0.15, 0.2) is 72.8 Å². The van der Waals surface area contributed by atoms with Crippen LogP contribution in [0.4, 0.5) is 26.0 Å². The average Bonchev–Trinajstić information content (AvgIpc) is 3.76. The molecule has 1 aliphatic carbocycles. The number of ether oxygens (including phenoxy) is 1. The number of piperidine rings is 1. The van der Waals surface area contributed by atoms with E-state index in [1.807, 2.05) is 42.5 Å². The number of imide groups is 2. The fraction of sp³-hybridized carbons (Fsp3) is 0.362. The van der Waals surface area contributed by atoms with E-state index in [1.165, 1.54) is 12.1 Å². The number of anilines is 3. The Labute approximate surface area is 361 Å². The number of aromatic amines is 1. The van der Waals surface area contributed by atoms with Crippen molar-refractivity contribution < 1.29 is 37.5 Å². The van der Waals surface area contributed by atoms with Crippen LogP contribution in [0.3, 0.4) is 0 Å². The van der Waals surface area contributed by atoms with Crippen LogP contribution >= 0.6 is 0 Å². The van der Waals surface area contributed by atoms with Crippen LogP contribution in [0.1, 0.15) is 92.2 Å². The van der Waals surface area contributed by atoms with E-state index in [-0.39, 0.29) is 30.7 Å². The van der Waals surface area contributed by atoms with Crippen LogP contribution < -0.4 is 20.9 Å². The highest BCUT2D eigenvalue weighted by molar-refractivity contribution is 6.23. The molecule has 4 aliphatic heterocycles. The molecule has 3 saturated heterocycles. The third-order valence-corrected chi connectivity index (χ3v) is 13.3. The second-order valence-corrected chi connectivity index (χ2v) is 17.2. The standard InChI is InChI=1S/C47H46F2N8O6/c48-30-18-27(19-31(49)24-30)17-26-1-6-39-38(20-26)43(54-53-39)52-44(59)36-5-3-33(25-40(36)50-32-9-15-63-16-10-32)55-11-13-56(14-12-55)34-21-29(22-34)28-2-4-35-37(23-28)47(62)57(46(35)61)41-7-8-42(58)51-45(41)60/h1-6,18-20,23-25,29,32,34,41,50H,7-17,21-22H2,(H,51,58,60)(H2,52,53,54,59). The van der Waals surface area contributed by atoms with E-state index in [4.69, 9.17) is 4.74 Å². The molecule has 1 unspecified atom stereocenters. The number of nitrogens with zero attached hydrogens (tertiary/aromatic N) is 4. The molecule has 1 saturated carbocycles. The van der Waals surface area contributed by atoms with E-state index in [0.29, 0.717) is 64.7 Å². The number of carbonyl (C=O) groups is 5. The first-order valence-electron chi connectivity index (χ1n) is 21.6. The largest absolute Gasteiger partial charge is 0.381 e. The van der Waals surface area contributed by atoms with Gasteiger partial charge in [-0.1, -0.05) is 12.1 Å². The summed E-state index contributed by atoms with van der Waals surface area (Å²) >= 11 is 0. The molecule has 14 nitrogen and oxygen atoms in total. The van der Waals surface area contributed by atoms with Crippen molar-refractivity contribution in [3.63, 3.8) is 0 Å². The van der Waals surface area contributed by atoms with Gasteiger partial charge in [0.2, 0.25) is 11.8 Å². The van der Waals surface area contributed by atoms with Crippen LogP contribution in [0, 0.1) is 11.6 Å². The maximum Gasteiger partial charge on any atom is 0.262 e. The van der Waals surface area contributed by atoms with Crippen LogP contribution in [0.5, 0.6) is 0 Å². The van der Waals surface area contributed by atoms with Gasteiger partial charge < -0.3 is 20.3 Å². The molecule has 10 rings (SSSR count). The van der Waals surface area contributed by atoms with Gasteiger partial charge in [-0.3, -0.25) is 44.2 Å². The molecule has 5 amide bonds. The first-order chi connectivity index (χ1) is 30.5. The van der Waals surface area contributed by atoms with Gasteiger partial charge in [0.05, 0.1) is 22.2 Å². The highest BCUT2D eigenvalue weighted by atomic mass is 19.1. The fourth-order valence-corrected chi connectivity index (χ4v) is 9.74. The first kappa shape index (κ1) is 40.5. The summed E-state index contributed by atoms with van der Waals surface area (Å²) in [6.45, 7) is 4.61. The molecule has 63 heavy (non-hydrogen) atoms. The van der Waals surface area contributed by atoms with Gasteiger partial charge in [0.25, 0.3) is 17.7 Å². The van der Waals surface area contributed by atoms with Crippen molar-refractivity contribution in [3.8, 4) is 0 Å². The van der Waals surface area contributed by atoms with Gasteiger partial charge in [0, 0.05) is 80.7 Å². The predicted molar refractivity (Wildman–Crippen MR) is 230 cm³/mol. The zero-order chi connectivity index (χ0) is 43.4. The number of aromatic nitrogens is 2. The Hall–Kier alpha value is -6.52. The number of halogens is 2. The summed E-state index contributed by atoms with van der Waals surface area (Å²) in [5.74, 6) is -3.00. The lowest BCUT2D eigenvalue weighted by Crippen LogP contribution is -2.54. The molecule has 324 valence electrons. The number of nitrogens with one attached hydrogen (secondary N) is 4. The molecular formula is C47H46F2N8O6. The molecule has 5 aromatic rings. The number of fused-ring (bicyclic) bond motifs is 2. The monoisotopic (exact) mass is 856 g/mol. The minimum Gasteiger partial charge on any atom is -0.381 e. The van der Waals surface area contributed by atoms with E-state index in [0.717, 1.165) is 85.3 Å². The molecule has 4 N–H and O–H groups in total. The Bertz CT molecular complexity index is 2650. The summed E-state index contributed by atoms with van der Waals surface area (Å²) in [5.41, 5.74) is 5.85. The second kappa shape index (κ2) is 16.6. The quantitative estimate of drug-likeness (QED) is 0.127. The number of rotatable bonds is 10.